The van der Waals surface area contributed by atoms with Crippen molar-refractivity contribution in [1.29, 1.82) is 0 Å². The molecule has 0 aromatic heterocycles. The van der Waals surface area contributed by atoms with Crippen LogP contribution in [0, 0.1) is 11.7 Å². The van der Waals surface area contributed by atoms with E-state index in [2.05, 4.69) is 12.2 Å². The molecule has 0 heterocycles. The van der Waals surface area contributed by atoms with Crippen molar-refractivity contribution in [3.63, 3.8) is 0 Å². The van der Waals surface area contributed by atoms with Crippen LogP contribution >= 0.6 is 0 Å². The molecule has 3 N–H and O–H groups in total. The van der Waals surface area contributed by atoms with E-state index in [0.29, 0.717) is 23.0 Å². The molecule has 4 heteroatoms. The highest BCUT2D eigenvalue weighted by atomic mass is 19.1. The van der Waals surface area contributed by atoms with Crippen LogP contribution in [0.1, 0.15) is 26.2 Å². The van der Waals surface area contributed by atoms with E-state index in [-0.39, 0.29) is 11.9 Å². The first-order valence-corrected chi connectivity index (χ1v) is 6.01. The summed E-state index contributed by atoms with van der Waals surface area (Å²) in [4.78, 5) is 0. The van der Waals surface area contributed by atoms with Gasteiger partial charge in [0.15, 0.2) is 0 Å². The van der Waals surface area contributed by atoms with Crippen LogP contribution in [0.2, 0.25) is 0 Å². The van der Waals surface area contributed by atoms with E-state index in [4.69, 9.17) is 10.5 Å². The van der Waals surface area contributed by atoms with Crippen LogP contribution in [-0.2, 0) is 0 Å². The maximum Gasteiger partial charge on any atom is 0.148 e. The third-order valence-corrected chi connectivity index (χ3v) is 3.56. The fourth-order valence-electron chi connectivity index (χ4n) is 2.16. The van der Waals surface area contributed by atoms with Crippen molar-refractivity contribution in [2.75, 3.05) is 18.2 Å². The van der Waals surface area contributed by atoms with Crippen LogP contribution in [0.3, 0.4) is 0 Å². The van der Waals surface area contributed by atoms with E-state index in [9.17, 15) is 4.39 Å². The standard InChI is InChI=1S/C13H19FN2O/c1-8(9-4-3-5-9)16-12-7-13(17-2)11(15)6-10(12)14/h6-9,16H,3-5,15H2,1-2H3. The summed E-state index contributed by atoms with van der Waals surface area (Å²) in [6.45, 7) is 2.09. The first-order chi connectivity index (χ1) is 8.11. The van der Waals surface area contributed by atoms with E-state index in [1.807, 2.05) is 0 Å². The monoisotopic (exact) mass is 238 g/mol. The number of rotatable bonds is 4. The first-order valence-electron chi connectivity index (χ1n) is 6.01. The molecule has 1 aromatic carbocycles. The summed E-state index contributed by atoms with van der Waals surface area (Å²) in [6.07, 6.45) is 3.73. The quantitative estimate of drug-likeness (QED) is 0.793. The Labute approximate surface area is 101 Å². The van der Waals surface area contributed by atoms with Gasteiger partial charge in [0.1, 0.15) is 11.6 Å². The molecular weight excluding hydrogens is 219 g/mol. The molecule has 1 fully saturated rings. The lowest BCUT2D eigenvalue weighted by Gasteiger charge is -2.32. The molecule has 1 aliphatic rings. The molecule has 1 aliphatic carbocycles. The van der Waals surface area contributed by atoms with E-state index in [1.54, 1.807) is 6.07 Å². The molecule has 0 spiro atoms. The van der Waals surface area contributed by atoms with Gasteiger partial charge in [-0.2, -0.15) is 0 Å². The number of nitrogens with one attached hydrogen (secondary N) is 1. The van der Waals surface area contributed by atoms with Gasteiger partial charge in [-0.1, -0.05) is 6.42 Å². The van der Waals surface area contributed by atoms with Gasteiger partial charge in [-0.3, -0.25) is 0 Å². The van der Waals surface area contributed by atoms with Crippen molar-refractivity contribution in [2.24, 2.45) is 5.92 Å². The van der Waals surface area contributed by atoms with Crippen molar-refractivity contribution in [2.45, 2.75) is 32.2 Å². The smallest absolute Gasteiger partial charge is 0.148 e. The van der Waals surface area contributed by atoms with Gasteiger partial charge in [0.05, 0.1) is 18.5 Å². The maximum atomic E-state index is 13.7. The molecule has 0 radical (unpaired) electrons. The predicted octanol–water partition coefficient (Wildman–Crippen LogP) is 3.02. The van der Waals surface area contributed by atoms with Crippen LogP contribution in [0.15, 0.2) is 12.1 Å². The van der Waals surface area contributed by atoms with Crippen LogP contribution in [0.25, 0.3) is 0 Å². The van der Waals surface area contributed by atoms with Crippen LogP contribution in [-0.4, -0.2) is 13.2 Å². The summed E-state index contributed by atoms with van der Waals surface area (Å²) < 4.78 is 18.8. The lowest BCUT2D eigenvalue weighted by molar-refractivity contribution is 0.284. The van der Waals surface area contributed by atoms with Crippen molar-refractivity contribution in [3.8, 4) is 5.75 Å². The molecule has 1 saturated carbocycles. The maximum absolute atomic E-state index is 13.7. The summed E-state index contributed by atoms with van der Waals surface area (Å²) in [5.41, 5.74) is 6.43. The highest BCUT2D eigenvalue weighted by molar-refractivity contribution is 5.62. The van der Waals surface area contributed by atoms with Crippen molar-refractivity contribution >= 4 is 11.4 Å². The lowest BCUT2D eigenvalue weighted by Crippen LogP contribution is -2.31. The second-order valence-electron chi connectivity index (χ2n) is 4.70. The van der Waals surface area contributed by atoms with Gasteiger partial charge in [0.25, 0.3) is 0 Å². The highest BCUT2D eigenvalue weighted by Gasteiger charge is 2.24. The topological polar surface area (TPSA) is 47.3 Å². The second kappa shape index (κ2) is 4.82. The molecular formula is C13H19FN2O. The molecule has 94 valence electrons. The number of hydrogen-bond donors (Lipinski definition) is 2. The third-order valence-electron chi connectivity index (χ3n) is 3.56. The van der Waals surface area contributed by atoms with Gasteiger partial charge in [-0.25, -0.2) is 4.39 Å². The molecule has 1 unspecified atom stereocenters. The Balaban J connectivity index is 2.13. The lowest BCUT2D eigenvalue weighted by atomic mass is 9.80. The Morgan fingerprint density at radius 1 is 1.47 bits per heavy atom. The van der Waals surface area contributed by atoms with E-state index in [1.165, 1.54) is 32.4 Å². The molecule has 0 aliphatic heterocycles. The predicted molar refractivity (Wildman–Crippen MR) is 67.8 cm³/mol. The fraction of sp³-hybridized carbons (Fsp3) is 0.538. The summed E-state index contributed by atoms with van der Waals surface area (Å²) in [6, 6.07) is 3.21. The average Bonchev–Trinajstić information content (AvgIpc) is 2.19. The largest absolute Gasteiger partial charge is 0.495 e. The molecule has 2 rings (SSSR count). The molecule has 17 heavy (non-hydrogen) atoms. The normalized spacial score (nSPS) is 17.4. The number of nitrogen functional groups attached to an aromatic ring is 1. The Morgan fingerprint density at radius 3 is 2.71 bits per heavy atom. The van der Waals surface area contributed by atoms with E-state index >= 15 is 0 Å². The number of ether oxygens (including phenoxy) is 1. The number of hydrogen-bond acceptors (Lipinski definition) is 3. The second-order valence-corrected chi connectivity index (χ2v) is 4.70. The summed E-state index contributed by atoms with van der Waals surface area (Å²) in [7, 11) is 1.53. The highest BCUT2D eigenvalue weighted by Crippen LogP contribution is 2.33. The zero-order chi connectivity index (χ0) is 12.4. The molecule has 0 bridgehead atoms. The Kier molecular flexibility index (Phi) is 3.41. The Hall–Kier alpha value is -1.45. The number of benzene rings is 1. The molecule has 0 amide bonds. The minimum absolute atomic E-state index is 0.284. The summed E-state index contributed by atoms with van der Waals surface area (Å²) in [5.74, 6) is 0.835. The minimum Gasteiger partial charge on any atom is -0.495 e. The van der Waals surface area contributed by atoms with E-state index in [0.717, 1.165) is 0 Å². The number of anilines is 2. The van der Waals surface area contributed by atoms with Crippen LogP contribution in [0.4, 0.5) is 15.8 Å². The van der Waals surface area contributed by atoms with Crippen LogP contribution in [0.5, 0.6) is 5.75 Å². The molecule has 1 aromatic rings. The summed E-state index contributed by atoms with van der Waals surface area (Å²) >= 11 is 0. The van der Waals surface area contributed by atoms with Gasteiger partial charge < -0.3 is 15.8 Å². The Morgan fingerprint density at radius 2 is 2.18 bits per heavy atom. The zero-order valence-corrected chi connectivity index (χ0v) is 10.3. The molecule has 1 atom stereocenters. The van der Waals surface area contributed by atoms with Gasteiger partial charge in [-0.15, -0.1) is 0 Å². The first kappa shape index (κ1) is 12.0. The van der Waals surface area contributed by atoms with Gasteiger partial charge in [-0.05, 0) is 25.7 Å². The molecule has 0 saturated heterocycles. The number of halogens is 1. The zero-order valence-electron chi connectivity index (χ0n) is 10.3. The SMILES string of the molecule is COc1cc(NC(C)C2CCC2)c(F)cc1N. The van der Waals surface area contributed by atoms with Crippen molar-refractivity contribution in [1.82, 2.24) is 0 Å². The van der Waals surface area contributed by atoms with Crippen molar-refractivity contribution in [3.05, 3.63) is 17.9 Å². The Bertz CT molecular complexity index is 405. The van der Waals surface area contributed by atoms with Gasteiger partial charge >= 0.3 is 0 Å². The van der Waals surface area contributed by atoms with Crippen LogP contribution < -0.4 is 15.8 Å². The number of methoxy groups -OCH3 is 1. The van der Waals surface area contributed by atoms with Gasteiger partial charge in [0, 0.05) is 18.2 Å². The number of nitrogens with two attached hydrogens (primary N) is 1. The summed E-state index contributed by atoms with van der Waals surface area (Å²) in [5, 5.41) is 3.20. The molecule has 3 nitrogen and oxygen atoms in total. The average molecular weight is 238 g/mol. The van der Waals surface area contributed by atoms with Crippen molar-refractivity contribution < 1.29 is 9.13 Å². The van der Waals surface area contributed by atoms with Gasteiger partial charge in [0.2, 0.25) is 0 Å². The third kappa shape index (κ3) is 2.46. The van der Waals surface area contributed by atoms with E-state index < -0.39 is 0 Å². The fourth-order valence-corrected chi connectivity index (χ4v) is 2.16. The minimum atomic E-state index is -0.325.